The van der Waals surface area contributed by atoms with Gasteiger partial charge in [-0.05, 0) is 13.8 Å². The van der Waals surface area contributed by atoms with Crippen molar-refractivity contribution in [3.63, 3.8) is 0 Å². The molecule has 1 saturated heterocycles. The standard InChI is InChI=1S/C12H22F3N3O2/c1-11(2,18-5-3-16-4-6-18)10(20)17(7-8-19)9-12(13,14)15/h16,19H,3-9H2,1-2H3. The van der Waals surface area contributed by atoms with Crippen LogP contribution in [0.25, 0.3) is 0 Å². The van der Waals surface area contributed by atoms with E-state index in [1.807, 2.05) is 4.90 Å². The van der Waals surface area contributed by atoms with Crippen LogP contribution in [0.3, 0.4) is 0 Å². The van der Waals surface area contributed by atoms with E-state index in [0.717, 1.165) is 0 Å². The fourth-order valence-corrected chi connectivity index (χ4v) is 2.34. The molecule has 0 saturated carbocycles. The second-order valence-electron chi connectivity index (χ2n) is 5.36. The van der Waals surface area contributed by atoms with Crippen LogP contribution in [-0.4, -0.2) is 78.4 Å². The normalized spacial score (nSPS) is 18.1. The third-order valence-corrected chi connectivity index (χ3v) is 3.46. The first kappa shape index (κ1) is 17.2. The molecule has 1 rings (SSSR count). The summed E-state index contributed by atoms with van der Waals surface area (Å²) >= 11 is 0. The third-order valence-electron chi connectivity index (χ3n) is 3.46. The molecule has 1 fully saturated rings. The van der Waals surface area contributed by atoms with E-state index in [9.17, 15) is 18.0 Å². The lowest BCUT2D eigenvalue weighted by Crippen LogP contribution is -2.61. The van der Waals surface area contributed by atoms with Crippen LogP contribution in [0.1, 0.15) is 13.8 Å². The molecule has 1 heterocycles. The van der Waals surface area contributed by atoms with Gasteiger partial charge < -0.3 is 15.3 Å². The number of alkyl halides is 3. The highest BCUT2D eigenvalue weighted by molar-refractivity contribution is 5.85. The van der Waals surface area contributed by atoms with E-state index in [0.29, 0.717) is 31.1 Å². The summed E-state index contributed by atoms with van der Waals surface area (Å²) in [5.74, 6) is -0.606. The molecule has 0 aromatic carbocycles. The molecule has 20 heavy (non-hydrogen) atoms. The summed E-state index contributed by atoms with van der Waals surface area (Å²) in [6.07, 6.45) is -4.47. The number of nitrogens with zero attached hydrogens (tertiary/aromatic N) is 2. The lowest BCUT2D eigenvalue weighted by atomic mass is 9.99. The summed E-state index contributed by atoms with van der Waals surface area (Å²) in [5.41, 5.74) is -1.01. The Morgan fingerprint density at radius 3 is 2.30 bits per heavy atom. The molecule has 0 aromatic heterocycles. The topological polar surface area (TPSA) is 55.8 Å². The molecular weight excluding hydrogens is 275 g/mol. The van der Waals surface area contributed by atoms with Crippen molar-refractivity contribution >= 4 is 5.91 Å². The quantitative estimate of drug-likeness (QED) is 0.753. The molecule has 0 radical (unpaired) electrons. The lowest BCUT2D eigenvalue weighted by Gasteiger charge is -2.42. The molecule has 118 valence electrons. The first-order valence-corrected chi connectivity index (χ1v) is 6.61. The first-order chi connectivity index (χ1) is 9.18. The molecule has 0 atom stereocenters. The molecule has 8 heteroatoms. The summed E-state index contributed by atoms with van der Waals surface area (Å²) in [7, 11) is 0. The highest BCUT2D eigenvalue weighted by atomic mass is 19.4. The molecular formula is C12H22F3N3O2. The number of aliphatic hydroxyl groups is 1. The fraction of sp³-hybridized carbons (Fsp3) is 0.917. The Balaban J connectivity index is 2.80. The van der Waals surface area contributed by atoms with E-state index >= 15 is 0 Å². The van der Waals surface area contributed by atoms with Gasteiger partial charge in [-0.3, -0.25) is 9.69 Å². The van der Waals surface area contributed by atoms with Crippen molar-refractivity contribution in [2.24, 2.45) is 0 Å². The number of amides is 1. The lowest BCUT2D eigenvalue weighted by molar-refractivity contribution is -0.169. The number of piperazine rings is 1. The molecule has 0 aliphatic carbocycles. The van der Waals surface area contributed by atoms with Crippen LogP contribution < -0.4 is 5.32 Å². The number of rotatable bonds is 5. The van der Waals surface area contributed by atoms with E-state index in [4.69, 9.17) is 5.11 Å². The first-order valence-electron chi connectivity index (χ1n) is 6.61. The molecule has 2 N–H and O–H groups in total. The van der Waals surface area contributed by atoms with Gasteiger partial charge in [0.2, 0.25) is 5.91 Å². The van der Waals surface area contributed by atoms with Crippen molar-refractivity contribution in [2.75, 3.05) is 45.9 Å². The third kappa shape index (κ3) is 4.60. The van der Waals surface area contributed by atoms with Gasteiger partial charge in [0.1, 0.15) is 6.54 Å². The van der Waals surface area contributed by atoms with Crippen molar-refractivity contribution in [1.29, 1.82) is 0 Å². The molecule has 5 nitrogen and oxygen atoms in total. The summed E-state index contributed by atoms with van der Waals surface area (Å²) in [6, 6.07) is 0. The van der Waals surface area contributed by atoms with Crippen LogP contribution in [-0.2, 0) is 4.79 Å². The maximum atomic E-state index is 12.5. The molecule has 0 unspecified atom stereocenters. The van der Waals surface area contributed by atoms with Gasteiger partial charge in [0.05, 0.1) is 12.1 Å². The number of nitrogens with one attached hydrogen (secondary N) is 1. The predicted molar refractivity (Wildman–Crippen MR) is 68.2 cm³/mol. The van der Waals surface area contributed by atoms with Crippen LogP contribution in [0, 0.1) is 0 Å². The monoisotopic (exact) mass is 297 g/mol. The Morgan fingerprint density at radius 1 is 1.30 bits per heavy atom. The number of aliphatic hydroxyl groups excluding tert-OH is 1. The van der Waals surface area contributed by atoms with E-state index in [1.54, 1.807) is 13.8 Å². The predicted octanol–water partition coefficient (Wildman–Crippen LogP) is 0.0534. The Bertz CT molecular complexity index is 328. The minimum absolute atomic E-state index is 0.312. The highest BCUT2D eigenvalue weighted by Crippen LogP contribution is 2.22. The van der Waals surface area contributed by atoms with Gasteiger partial charge in [0.25, 0.3) is 0 Å². The molecule has 1 aliphatic rings. The van der Waals surface area contributed by atoms with Crippen LogP contribution in [0.4, 0.5) is 13.2 Å². The average Bonchev–Trinajstić information content (AvgIpc) is 2.37. The highest BCUT2D eigenvalue weighted by Gasteiger charge is 2.41. The number of halogens is 3. The van der Waals surface area contributed by atoms with Crippen molar-refractivity contribution in [3.05, 3.63) is 0 Å². The van der Waals surface area contributed by atoms with Crippen molar-refractivity contribution in [2.45, 2.75) is 25.6 Å². The summed E-state index contributed by atoms with van der Waals surface area (Å²) in [4.78, 5) is 14.9. The van der Waals surface area contributed by atoms with Gasteiger partial charge in [-0.25, -0.2) is 0 Å². The SMILES string of the molecule is CC(C)(C(=O)N(CCO)CC(F)(F)F)N1CCNCC1. The average molecular weight is 297 g/mol. The minimum atomic E-state index is -4.47. The number of carbonyl (C=O) groups is 1. The molecule has 1 amide bonds. The molecule has 0 aromatic rings. The Kier molecular flexibility index (Phi) is 5.79. The maximum absolute atomic E-state index is 12.5. The van der Waals surface area contributed by atoms with E-state index in [-0.39, 0.29) is 6.54 Å². The van der Waals surface area contributed by atoms with Crippen molar-refractivity contribution < 1.29 is 23.1 Å². The molecule has 0 bridgehead atoms. The number of carbonyl (C=O) groups excluding carboxylic acids is 1. The minimum Gasteiger partial charge on any atom is -0.395 e. The van der Waals surface area contributed by atoms with E-state index in [1.165, 1.54) is 0 Å². The second kappa shape index (κ2) is 6.73. The van der Waals surface area contributed by atoms with Gasteiger partial charge in [0.15, 0.2) is 0 Å². The summed E-state index contributed by atoms with van der Waals surface area (Å²) in [5, 5.41) is 12.0. The van der Waals surface area contributed by atoms with Crippen LogP contribution >= 0.6 is 0 Å². The Labute approximate surface area is 116 Å². The zero-order chi connectivity index (χ0) is 15.4. The Hall–Kier alpha value is -0.860. The van der Waals surface area contributed by atoms with Gasteiger partial charge in [-0.2, -0.15) is 13.2 Å². The zero-order valence-corrected chi connectivity index (χ0v) is 11.8. The van der Waals surface area contributed by atoms with Crippen LogP contribution in [0.5, 0.6) is 0 Å². The Morgan fingerprint density at radius 2 is 1.85 bits per heavy atom. The van der Waals surface area contributed by atoms with Crippen molar-refractivity contribution in [3.8, 4) is 0 Å². The van der Waals surface area contributed by atoms with E-state index in [2.05, 4.69) is 5.32 Å². The largest absolute Gasteiger partial charge is 0.406 e. The number of hydrogen-bond acceptors (Lipinski definition) is 4. The van der Waals surface area contributed by atoms with E-state index < -0.39 is 30.8 Å². The molecule has 1 aliphatic heterocycles. The fourth-order valence-electron chi connectivity index (χ4n) is 2.34. The van der Waals surface area contributed by atoms with Crippen LogP contribution in [0.15, 0.2) is 0 Å². The molecule has 0 spiro atoms. The van der Waals surface area contributed by atoms with Gasteiger partial charge in [-0.1, -0.05) is 0 Å². The summed E-state index contributed by atoms with van der Waals surface area (Å²) < 4.78 is 37.6. The van der Waals surface area contributed by atoms with Gasteiger partial charge in [-0.15, -0.1) is 0 Å². The smallest absolute Gasteiger partial charge is 0.395 e. The number of hydrogen-bond donors (Lipinski definition) is 2. The zero-order valence-electron chi connectivity index (χ0n) is 11.8. The summed E-state index contributed by atoms with van der Waals surface area (Å²) in [6.45, 7) is 3.75. The van der Waals surface area contributed by atoms with Gasteiger partial charge in [0, 0.05) is 32.7 Å². The van der Waals surface area contributed by atoms with Crippen LogP contribution in [0.2, 0.25) is 0 Å². The van der Waals surface area contributed by atoms with Gasteiger partial charge >= 0.3 is 6.18 Å². The second-order valence-corrected chi connectivity index (χ2v) is 5.36. The van der Waals surface area contributed by atoms with Crippen molar-refractivity contribution in [1.82, 2.24) is 15.1 Å². The maximum Gasteiger partial charge on any atom is 0.406 e.